The number of carbonyl (C=O) groups is 2. The number of benzene rings is 2. The molecule has 0 bridgehead atoms. The van der Waals surface area contributed by atoms with Crippen molar-refractivity contribution in [3.63, 3.8) is 0 Å². The fourth-order valence-electron chi connectivity index (χ4n) is 6.36. The fourth-order valence-corrected chi connectivity index (χ4v) is 6.36. The zero-order valence-electron chi connectivity index (χ0n) is 18.5. The van der Waals surface area contributed by atoms with E-state index in [1.807, 2.05) is 78.2 Å². The van der Waals surface area contributed by atoms with Crippen LogP contribution in [0.25, 0.3) is 0 Å². The van der Waals surface area contributed by atoms with Gasteiger partial charge in [0.25, 0.3) is 0 Å². The summed E-state index contributed by atoms with van der Waals surface area (Å²) < 4.78 is 5.34. The van der Waals surface area contributed by atoms with Crippen molar-refractivity contribution < 1.29 is 14.3 Å². The van der Waals surface area contributed by atoms with E-state index in [9.17, 15) is 9.59 Å². The predicted molar refractivity (Wildman–Crippen MR) is 120 cm³/mol. The summed E-state index contributed by atoms with van der Waals surface area (Å²) in [4.78, 5) is 31.7. The van der Waals surface area contributed by atoms with Crippen molar-refractivity contribution in [2.75, 3.05) is 12.0 Å². The summed E-state index contributed by atoms with van der Waals surface area (Å²) >= 11 is 0. The molecule has 2 saturated heterocycles. The molecule has 3 fully saturated rings. The summed E-state index contributed by atoms with van der Waals surface area (Å²) in [5, 5.41) is 0. The number of methoxy groups -OCH3 is 1. The highest BCUT2D eigenvalue weighted by Crippen LogP contribution is 2.69. The largest absolute Gasteiger partial charge is 0.497 e. The molecule has 5 nitrogen and oxygen atoms in total. The van der Waals surface area contributed by atoms with Crippen molar-refractivity contribution in [2.24, 2.45) is 5.41 Å². The number of hydrogen-bond donors (Lipinski definition) is 0. The first-order chi connectivity index (χ1) is 15.0. The van der Waals surface area contributed by atoms with Crippen LogP contribution in [0.4, 0.5) is 5.69 Å². The van der Waals surface area contributed by atoms with E-state index < -0.39 is 11.0 Å². The molecule has 162 valence electrons. The molecule has 1 aliphatic carbocycles. The highest BCUT2D eigenvalue weighted by molar-refractivity contribution is 6.24. The Kier molecular flexibility index (Phi) is 4.61. The first kappa shape index (κ1) is 20.1. The number of anilines is 1. The second-order valence-corrected chi connectivity index (χ2v) is 9.36. The summed E-state index contributed by atoms with van der Waals surface area (Å²) in [6.45, 7) is 4.07. The number of nitrogens with zero attached hydrogens (tertiary/aromatic N) is 2. The summed E-state index contributed by atoms with van der Waals surface area (Å²) in [6, 6.07) is 17.6. The van der Waals surface area contributed by atoms with E-state index in [0.29, 0.717) is 0 Å². The van der Waals surface area contributed by atoms with Crippen molar-refractivity contribution in [1.29, 1.82) is 0 Å². The number of β-lactam (4-membered cyclic amide) rings is 2. The van der Waals surface area contributed by atoms with Crippen LogP contribution in [0.5, 0.6) is 5.75 Å². The molecular formula is C26H30N2O3. The van der Waals surface area contributed by atoms with Crippen LogP contribution in [0.15, 0.2) is 54.6 Å². The lowest BCUT2D eigenvalue weighted by Gasteiger charge is -2.74. The van der Waals surface area contributed by atoms with Gasteiger partial charge in [-0.2, -0.15) is 0 Å². The molecule has 1 saturated carbocycles. The van der Waals surface area contributed by atoms with Crippen molar-refractivity contribution in [3.05, 3.63) is 60.2 Å². The van der Waals surface area contributed by atoms with Crippen LogP contribution in [0.3, 0.4) is 0 Å². The Labute approximate surface area is 184 Å². The molecule has 2 aromatic rings. The predicted octanol–water partition coefficient (Wildman–Crippen LogP) is 4.72. The molecule has 2 amide bonds. The van der Waals surface area contributed by atoms with Gasteiger partial charge in [0.1, 0.15) is 5.75 Å². The third kappa shape index (κ3) is 2.43. The quantitative estimate of drug-likeness (QED) is 0.533. The molecule has 2 aliphatic heterocycles. The molecule has 5 heteroatoms. The van der Waals surface area contributed by atoms with Crippen LogP contribution < -0.4 is 9.64 Å². The molecule has 2 spiro atoms. The lowest BCUT2D eigenvalue weighted by Crippen LogP contribution is -2.90. The van der Waals surface area contributed by atoms with Gasteiger partial charge in [0, 0.05) is 11.7 Å². The Morgan fingerprint density at radius 2 is 1.55 bits per heavy atom. The van der Waals surface area contributed by atoms with Gasteiger partial charge in [-0.05, 0) is 56.5 Å². The SMILES string of the molecule is COc1ccc([C@@H]2N(C(C)C)C(=O)[C@]23C(=O)N(c2ccccc2)C32CCCCC2)cc1. The molecule has 3 aliphatic rings. The molecule has 31 heavy (non-hydrogen) atoms. The van der Waals surface area contributed by atoms with Gasteiger partial charge in [-0.25, -0.2) is 0 Å². The second kappa shape index (κ2) is 7.11. The van der Waals surface area contributed by atoms with Crippen LogP contribution >= 0.6 is 0 Å². The molecule has 0 unspecified atom stereocenters. The second-order valence-electron chi connectivity index (χ2n) is 9.36. The van der Waals surface area contributed by atoms with Gasteiger partial charge in [-0.15, -0.1) is 0 Å². The van der Waals surface area contributed by atoms with E-state index in [-0.39, 0.29) is 23.9 Å². The van der Waals surface area contributed by atoms with E-state index in [2.05, 4.69) is 0 Å². The molecule has 0 N–H and O–H groups in total. The minimum absolute atomic E-state index is 0.00222. The first-order valence-electron chi connectivity index (χ1n) is 11.4. The Morgan fingerprint density at radius 3 is 2.13 bits per heavy atom. The summed E-state index contributed by atoms with van der Waals surface area (Å²) in [7, 11) is 1.65. The Bertz CT molecular complexity index is 995. The Balaban J connectivity index is 1.65. The number of ether oxygens (including phenoxy) is 1. The van der Waals surface area contributed by atoms with E-state index in [1.165, 1.54) is 0 Å². The van der Waals surface area contributed by atoms with Crippen molar-refractivity contribution >= 4 is 17.5 Å². The van der Waals surface area contributed by atoms with Gasteiger partial charge in [-0.1, -0.05) is 49.6 Å². The van der Waals surface area contributed by atoms with Crippen molar-refractivity contribution in [2.45, 2.75) is 63.6 Å². The average Bonchev–Trinajstić information content (AvgIpc) is 2.78. The molecule has 0 aromatic heterocycles. The number of carbonyl (C=O) groups excluding carboxylic acids is 2. The minimum atomic E-state index is -0.998. The maximum absolute atomic E-state index is 14.0. The average molecular weight is 419 g/mol. The number of likely N-dealkylation sites (tertiary alicyclic amines) is 1. The molecule has 0 radical (unpaired) electrons. The molecule has 5 rings (SSSR count). The Morgan fingerprint density at radius 1 is 0.903 bits per heavy atom. The number of para-hydroxylation sites is 1. The van der Waals surface area contributed by atoms with Crippen LogP contribution in [0.2, 0.25) is 0 Å². The fraction of sp³-hybridized carbons (Fsp3) is 0.462. The third-order valence-corrected chi connectivity index (χ3v) is 7.65. The van der Waals surface area contributed by atoms with Crippen LogP contribution in [-0.4, -0.2) is 35.4 Å². The smallest absolute Gasteiger partial charge is 0.248 e. The molecular weight excluding hydrogens is 388 g/mol. The number of fused-ring (bicyclic) bond motifs is 1. The van der Waals surface area contributed by atoms with Gasteiger partial charge in [0.15, 0.2) is 5.41 Å². The van der Waals surface area contributed by atoms with Crippen LogP contribution in [0.1, 0.15) is 57.6 Å². The summed E-state index contributed by atoms with van der Waals surface area (Å²) in [5.41, 5.74) is 0.475. The standard InChI is InChI=1S/C26H30N2O3/c1-18(2)27-22(19-12-14-21(31-3)15-13-19)26(23(27)29)24(30)28(20-10-6-4-7-11-20)25(26)16-8-5-9-17-25/h4,6-7,10-15,18,22H,5,8-9,16-17H2,1-3H3/t22-,26-/m0/s1. The van der Waals surface area contributed by atoms with Gasteiger partial charge >= 0.3 is 0 Å². The first-order valence-corrected chi connectivity index (χ1v) is 11.4. The molecule has 2 heterocycles. The van der Waals surface area contributed by atoms with E-state index in [1.54, 1.807) is 7.11 Å². The third-order valence-electron chi connectivity index (χ3n) is 7.65. The van der Waals surface area contributed by atoms with Gasteiger partial charge < -0.3 is 14.5 Å². The molecule has 2 atom stereocenters. The van der Waals surface area contributed by atoms with Gasteiger partial charge in [-0.3, -0.25) is 9.59 Å². The topological polar surface area (TPSA) is 49.9 Å². The van der Waals surface area contributed by atoms with Crippen molar-refractivity contribution in [1.82, 2.24) is 4.90 Å². The van der Waals surface area contributed by atoms with Crippen LogP contribution in [-0.2, 0) is 9.59 Å². The zero-order valence-corrected chi connectivity index (χ0v) is 18.5. The van der Waals surface area contributed by atoms with Gasteiger partial charge in [0.05, 0.1) is 18.7 Å². The highest BCUT2D eigenvalue weighted by atomic mass is 16.5. The lowest BCUT2D eigenvalue weighted by atomic mass is 9.45. The van der Waals surface area contributed by atoms with E-state index >= 15 is 0 Å². The van der Waals surface area contributed by atoms with E-state index in [4.69, 9.17) is 4.74 Å². The van der Waals surface area contributed by atoms with Crippen LogP contribution in [0, 0.1) is 5.41 Å². The number of rotatable bonds is 4. The van der Waals surface area contributed by atoms with E-state index in [0.717, 1.165) is 49.1 Å². The van der Waals surface area contributed by atoms with Gasteiger partial charge in [0.2, 0.25) is 11.8 Å². The zero-order chi connectivity index (χ0) is 21.8. The number of amides is 2. The lowest BCUT2D eigenvalue weighted by molar-refractivity contribution is -0.208. The normalized spacial score (nSPS) is 26.9. The highest BCUT2D eigenvalue weighted by Gasteiger charge is 2.84. The maximum Gasteiger partial charge on any atom is 0.248 e. The van der Waals surface area contributed by atoms with Crippen molar-refractivity contribution in [3.8, 4) is 5.75 Å². The summed E-state index contributed by atoms with van der Waals surface area (Å²) in [6.07, 6.45) is 4.99. The summed E-state index contributed by atoms with van der Waals surface area (Å²) in [5.74, 6) is 0.739. The minimum Gasteiger partial charge on any atom is -0.497 e. The molecule has 2 aromatic carbocycles. The monoisotopic (exact) mass is 418 g/mol. The number of hydrogen-bond acceptors (Lipinski definition) is 3. The Hall–Kier alpha value is -2.82. The maximum atomic E-state index is 14.0.